The van der Waals surface area contributed by atoms with Crippen LogP contribution in [0.1, 0.15) is 22.8 Å². The van der Waals surface area contributed by atoms with Crippen LogP contribution >= 0.6 is 11.6 Å². The van der Waals surface area contributed by atoms with Gasteiger partial charge in [-0.1, -0.05) is 11.6 Å². The fourth-order valence-electron chi connectivity index (χ4n) is 1.55. The lowest BCUT2D eigenvalue weighted by Crippen LogP contribution is -2.12. The van der Waals surface area contributed by atoms with Crippen molar-refractivity contribution in [2.45, 2.75) is 13.1 Å². The van der Waals surface area contributed by atoms with Crippen LogP contribution in [-0.2, 0) is 6.18 Å². The van der Waals surface area contributed by atoms with Gasteiger partial charge in [0.1, 0.15) is 10.9 Å². The van der Waals surface area contributed by atoms with E-state index < -0.39 is 23.1 Å². The molecule has 0 saturated heterocycles. The molecule has 0 saturated carbocycles. The highest BCUT2D eigenvalue weighted by molar-refractivity contribution is 6.29. The van der Waals surface area contributed by atoms with Crippen molar-refractivity contribution >= 4 is 17.4 Å². The number of halogens is 4. The summed E-state index contributed by atoms with van der Waals surface area (Å²) in [6.45, 7) is 1.04. The van der Waals surface area contributed by atoms with Crippen LogP contribution < -0.4 is 4.74 Å². The van der Waals surface area contributed by atoms with E-state index in [1.165, 1.54) is 18.3 Å². The van der Waals surface area contributed by atoms with Gasteiger partial charge in [0.15, 0.2) is 5.78 Å². The molecule has 8 heteroatoms. The summed E-state index contributed by atoms with van der Waals surface area (Å²) < 4.78 is 43.9. The van der Waals surface area contributed by atoms with Gasteiger partial charge < -0.3 is 4.74 Å². The predicted molar refractivity (Wildman–Crippen MR) is 68.6 cm³/mol. The van der Waals surface area contributed by atoms with E-state index >= 15 is 0 Å². The van der Waals surface area contributed by atoms with Crippen LogP contribution in [0.5, 0.6) is 11.6 Å². The molecule has 0 bridgehead atoms. The molecule has 21 heavy (non-hydrogen) atoms. The first kappa shape index (κ1) is 15.2. The zero-order chi connectivity index (χ0) is 15.6. The highest BCUT2D eigenvalue weighted by atomic mass is 35.5. The molecular weight excluding hydrogens is 309 g/mol. The Kier molecular flexibility index (Phi) is 4.13. The number of Topliss-reactive ketones (excluding diaryl/α,β-unsaturated/α-hetero) is 1. The molecule has 0 unspecified atom stereocenters. The standard InChI is InChI=1S/C13H8ClF3N2O2/c1-7(20)9-6-19-12(4-10(9)13(15,16)17)21-8-2-3-11(14)18-5-8/h2-6H,1H3. The predicted octanol–water partition coefficient (Wildman–Crippen LogP) is 4.14. The van der Waals surface area contributed by atoms with Crippen LogP contribution in [0.25, 0.3) is 0 Å². The summed E-state index contributed by atoms with van der Waals surface area (Å²) in [5.74, 6) is -0.846. The lowest BCUT2D eigenvalue weighted by atomic mass is 10.1. The molecule has 0 aliphatic carbocycles. The van der Waals surface area contributed by atoms with E-state index in [1.807, 2.05) is 0 Å². The second-order valence-electron chi connectivity index (χ2n) is 4.04. The van der Waals surface area contributed by atoms with Crippen molar-refractivity contribution in [2.24, 2.45) is 0 Å². The molecule has 2 rings (SSSR count). The van der Waals surface area contributed by atoms with Gasteiger partial charge in [-0.3, -0.25) is 4.79 Å². The Morgan fingerprint density at radius 1 is 1.24 bits per heavy atom. The molecule has 0 amide bonds. The van der Waals surface area contributed by atoms with E-state index in [0.717, 1.165) is 13.1 Å². The molecule has 2 aromatic rings. The fourth-order valence-corrected chi connectivity index (χ4v) is 1.66. The Morgan fingerprint density at radius 3 is 2.48 bits per heavy atom. The van der Waals surface area contributed by atoms with E-state index in [2.05, 4.69) is 9.97 Å². The lowest BCUT2D eigenvalue weighted by molar-refractivity contribution is -0.138. The van der Waals surface area contributed by atoms with E-state index in [9.17, 15) is 18.0 Å². The molecule has 4 nitrogen and oxygen atoms in total. The van der Waals surface area contributed by atoms with Gasteiger partial charge in [-0.15, -0.1) is 0 Å². The van der Waals surface area contributed by atoms with Crippen molar-refractivity contribution in [1.29, 1.82) is 0 Å². The number of nitrogens with zero attached hydrogens (tertiary/aromatic N) is 2. The number of carbonyl (C=O) groups excluding carboxylic acids is 1. The van der Waals surface area contributed by atoms with Crippen LogP contribution in [0.3, 0.4) is 0 Å². The van der Waals surface area contributed by atoms with Crippen LogP contribution in [-0.4, -0.2) is 15.8 Å². The van der Waals surface area contributed by atoms with Crippen molar-refractivity contribution in [3.63, 3.8) is 0 Å². The molecule has 0 N–H and O–H groups in total. The average Bonchev–Trinajstić information content (AvgIpc) is 2.40. The zero-order valence-corrected chi connectivity index (χ0v) is 11.4. The third-order valence-electron chi connectivity index (χ3n) is 2.49. The monoisotopic (exact) mass is 316 g/mol. The van der Waals surface area contributed by atoms with Gasteiger partial charge in [-0.25, -0.2) is 9.97 Å². The molecule has 0 aromatic carbocycles. The summed E-state index contributed by atoms with van der Waals surface area (Å²) >= 11 is 5.59. The van der Waals surface area contributed by atoms with Gasteiger partial charge in [0.25, 0.3) is 0 Å². The number of alkyl halides is 3. The number of pyridine rings is 2. The lowest BCUT2D eigenvalue weighted by Gasteiger charge is -2.12. The number of carbonyl (C=O) groups is 1. The van der Waals surface area contributed by atoms with Crippen molar-refractivity contribution in [2.75, 3.05) is 0 Å². The summed E-state index contributed by atoms with van der Waals surface area (Å²) in [6.07, 6.45) is -2.60. The third-order valence-corrected chi connectivity index (χ3v) is 2.71. The average molecular weight is 317 g/mol. The van der Waals surface area contributed by atoms with Gasteiger partial charge >= 0.3 is 6.18 Å². The Balaban J connectivity index is 2.38. The Labute approximate surface area is 122 Å². The second kappa shape index (κ2) is 5.69. The van der Waals surface area contributed by atoms with Crippen LogP contribution in [0.4, 0.5) is 13.2 Å². The minimum absolute atomic E-state index is 0.176. The number of hydrogen-bond acceptors (Lipinski definition) is 4. The maximum Gasteiger partial charge on any atom is 0.417 e. The largest absolute Gasteiger partial charge is 0.437 e. The van der Waals surface area contributed by atoms with E-state index in [4.69, 9.17) is 16.3 Å². The third kappa shape index (κ3) is 3.69. The molecule has 0 radical (unpaired) electrons. The number of ketones is 1. The molecule has 2 heterocycles. The number of aromatic nitrogens is 2. The first-order chi connectivity index (χ1) is 9.77. The normalized spacial score (nSPS) is 11.3. The maximum atomic E-state index is 12.9. The molecule has 110 valence electrons. The molecule has 0 aliphatic rings. The zero-order valence-electron chi connectivity index (χ0n) is 10.6. The van der Waals surface area contributed by atoms with Gasteiger partial charge in [0.05, 0.1) is 11.8 Å². The van der Waals surface area contributed by atoms with Gasteiger partial charge in [0.2, 0.25) is 5.88 Å². The van der Waals surface area contributed by atoms with Gasteiger partial charge in [0, 0.05) is 17.8 Å². The molecule has 0 fully saturated rings. The second-order valence-corrected chi connectivity index (χ2v) is 4.43. The fraction of sp³-hybridized carbons (Fsp3) is 0.154. The summed E-state index contributed by atoms with van der Waals surface area (Å²) in [5.41, 5.74) is -1.61. The van der Waals surface area contributed by atoms with Crippen LogP contribution in [0.15, 0.2) is 30.6 Å². The molecule has 0 atom stereocenters. The molecule has 0 spiro atoms. The Morgan fingerprint density at radius 2 is 1.95 bits per heavy atom. The van der Waals surface area contributed by atoms with Crippen molar-refractivity contribution in [3.8, 4) is 11.6 Å². The van der Waals surface area contributed by atoms with Crippen LogP contribution in [0.2, 0.25) is 5.15 Å². The summed E-state index contributed by atoms with van der Waals surface area (Å²) in [4.78, 5) is 18.6. The first-order valence-corrected chi connectivity index (χ1v) is 6.03. The SMILES string of the molecule is CC(=O)c1cnc(Oc2ccc(Cl)nc2)cc1C(F)(F)F. The van der Waals surface area contributed by atoms with Crippen molar-refractivity contribution < 1.29 is 22.7 Å². The van der Waals surface area contributed by atoms with Crippen molar-refractivity contribution in [1.82, 2.24) is 9.97 Å². The number of rotatable bonds is 3. The smallest absolute Gasteiger partial charge is 0.417 e. The summed E-state index contributed by atoms with van der Waals surface area (Å²) in [7, 11) is 0. The van der Waals surface area contributed by atoms with E-state index in [1.54, 1.807) is 0 Å². The number of ether oxygens (including phenoxy) is 1. The summed E-state index contributed by atoms with van der Waals surface area (Å²) in [5, 5.41) is 0.221. The minimum Gasteiger partial charge on any atom is -0.437 e. The number of hydrogen-bond donors (Lipinski definition) is 0. The Bertz CT molecular complexity index is 672. The quantitative estimate of drug-likeness (QED) is 0.630. The minimum atomic E-state index is -4.68. The van der Waals surface area contributed by atoms with Crippen LogP contribution in [0, 0.1) is 0 Å². The highest BCUT2D eigenvalue weighted by Gasteiger charge is 2.35. The first-order valence-electron chi connectivity index (χ1n) is 5.65. The van der Waals surface area contributed by atoms with Gasteiger partial charge in [-0.2, -0.15) is 13.2 Å². The molecule has 2 aromatic heterocycles. The Hall–Kier alpha value is -2.15. The topological polar surface area (TPSA) is 52.1 Å². The molecular formula is C13H8ClF3N2O2. The summed E-state index contributed by atoms with van der Waals surface area (Å²) in [6, 6.07) is 3.53. The highest BCUT2D eigenvalue weighted by Crippen LogP contribution is 2.34. The van der Waals surface area contributed by atoms with E-state index in [0.29, 0.717) is 6.07 Å². The molecule has 0 aliphatic heterocycles. The van der Waals surface area contributed by atoms with Gasteiger partial charge in [-0.05, 0) is 19.1 Å². The van der Waals surface area contributed by atoms with Crippen molar-refractivity contribution in [3.05, 3.63) is 46.9 Å². The maximum absolute atomic E-state index is 12.9. The van der Waals surface area contributed by atoms with E-state index in [-0.39, 0.29) is 16.8 Å².